The van der Waals surface area contributed by atoms with Crippen LogP contribution in [-0.2, 0) is 14.6 Å². The highest BCUT2D eigenvalue weighted by atomic mass is 32.2. The van der Waals surface area contributed by atoms with Crippen molar-refractivity contribution >= 4 is 15.7 Å². The Morgan fingerprint density at radius 3 is 2.47 bits per heavy atom. The molecule has 1 unspecified atom stereocenters. The van der Waals surface area contributed by atoms with Gasteiger partial charge in [-0.1, -0.05) is 12.8 Å². The summed E-state index contributed by atoms with van der Waals surface area (Å²) in [6.07, 6.45) is 3.60. The zero-order valence-electron chi connectivity index (χ0n) is 11.0. The minimum atomic E-state index is -3.05. The van der Waals surface area contributed by atoms with Crippen LogP contribution in [0.15, 0.2) is 0 Å². The smallest absolute Gasteiger partial charge is 0.243 e. The molecular formula is C12H22N2O4S. The normalized spacial score (nSPS) is 28.4. The van der Waals surface area contributed by atoms with Gasteiger partial charge in [0.1, 0.15) is 0 Å². The molecule has 0 aromatic rings. The second kappa shape index (κ2) is 5.38. The number of nitrogens with zero attached hydrogens (tertiary/aromatic N) is 1. The zero-order valence-corrected chi connectivity index (χ0v) is 11.9. The average Bonchev–Trinajstić information content (AvgIpc) is 2.92. The summed E-state index contributed by atoms with van der Waals surface area (Å²) in [6, 6.07) is -0.328. The summed E-state index contributed by atoms with van der Waals surface area (Å²) in [5.74, 6) is -0.0830. The standard InChI is InChI=1S/C12H22N2O4S/c13-12(4-1-2-5-12)11(16)14(6-7-15)10-3-8-19(17,18)9-10/h10,15H,1-9,13H2. The minimum Gasteiger partial charge on any atom is -0.395 e. The topological polar surface area (TPSA) is 101 Å². The number of aliphatic hydroxyl groups is 1. The van der Waals surface area contributed by atoms with E-state index in [1.54, 1.807) is 0 Å². The van der Waals surface area contributed by atoms with Crippen LogP contribution < -0.4 is 5.73 Å². The number of nitrogens with two attached hydrogens (primary N) is 1. The van der Waals surface area contributed by atoms with Crippen LogP contribution >= 0.6 is 0 Å². The van der Waals surface area contributed by atoms with E-state index in [1.807, 2.05) is 0 Å². The maximum atomic E-state index is 12.6. The Bertz CT molecular complexity index is 443. The van der Waals surface area contributed by atoms with Gasteiger partial charge in [-0.05, 0) is 19.3 Å². The van der Waals surface area contributed by atoms with Gasteiger partial charge in [0.25, 0.3) is 0 Å². The Hall–Kier alpha value is -0.660. The van der Waals surface area contributed by atoms with E-state index in [0.29, 0.717) is 19.3 Å². The summed E-state index contributed by atoms with van der Waals surface area (Å²) in [6.45, 7) is -0.00363. The molecule has 6 nitrogen and oxygen atoms in total. The molecule has 1 saturated carbocycles. The molecule has 3 N–H and O–H groups in total. The van der Waals surface area contributed by atoms with Gasteiger partial charge in [-0.25, -0.2) is 8.42 Å². The number of aliphatic hydroxyl groups excluding tert-OH is 1. The predicted molar refractivity (Wildman–Crippen MR) is 71.2 cm³/mol. The molecule has 0 aromatic carbocycles. The number of rotatable bonds is 4. The Kier molecular flexibility index (Phi) is 4.17. The Balaban J connectivity index is 2.14. The number of sulfone groups is 1. The van der Waals surface area contributed by atoms with E-state index in [-0.39, 0.29) is 36.6 Å². The maximum absolute atomic E-state index is 12.6. The van der Waals surface area contributed by atoms with Gasteiger partial charge in [0.15, 0.2) is 9.84 Å². The molecule has 0 radical (unpaired) electrons. The van der Waals surface area contributed by atoms with E-state index in [0.717, 1.165) is 12.8 Å². The molecule has 1 aliphatic carbocycles. The first-order chi connectivity index (χ1) is 8.88. The molecule has 1 heterocycles. The van der Waals surface area contributed by atoms with Crippen molar-refractivity contribution in [1.82, 2.24) is 4.90 Å². The summed E-state index contributed by atoms with van der Waals surface area (Å²) >= 11 is 0. The third-order valence-electron chi connectivity index (χ3n) is 4.17. The molecule has 110 valence electrons. The van der Waals surface area contributed by atoms with Crippen LogP contribution in [0.25, 0.3) is 0 Å². The van der Waals surface area contributed by atoms with Crippen LogP contribution in [0.3, 0.4) is 0 Å². The van der Waals surface area contributed by atoms with Crippen LogP contribution in [0.5, 0.6) is 0 Å². The van der Waals surface area contributed by atoms with Gasteiger partial charge in [0.05, 0.1) is 23.7 Å². The number of carbonyl (C=O) groups excluding carboxylic acids is 1. The van der Waals surface area contributed by atoms with E-state index >= 15 is 0 Å². The van der Waals surface area contributed by atoms with E-state index < -0.39 is 15.4 Å². The lowest BCUT2D eigenvalue weighted by Gasteiger charge is -2.34. The highest BCUT2D eigenvalue weighted by Crippen LogP contribution is 2.30. The Morgan fingerprint density at radius 1 is 1.37 bits per heavy atom. The molecule has 1 saturated heterocycles. The van der Waals surface area contributed by atoms with Crippen molar-refractivity contribution in [2.45, 2.75) is 43.7 Å². The van der Waals surface area contributed by atoms with Crippen LogP contribution in [-0.4, -0.2) is 60.6 Å². The lowest BCUT2D eigenvalue weighted by molar-refractivity contribution is -0.139. The van der Waals surface area contributed by atoms with Crippen molar-refractivity contribution in [3.8, 4) is 0 Å². The lowest BCUT2D eigenvalue weighted by Crippen LogP contribution is -2.57. The van der Waals surface area contributed by atoms with E-state index in [2.05, 4.69) is 0 Å². The molecule has 19 heavy (non-hydrogen) atoms. The summed E-state index contributed by atoms with van der Waals surface area (Å²) < 4.78 is 23.1. The lowest BCUT2D eigenvalue weighted by atomic mass is 9.96. The molecule has 1 amide bonds. The van der Waals surface area contributed by atoms with E-state index in [1.165, 1.54) is 4.90 Å². The summed E-state index contributed by atoms with van der Waals surface area (Å²) in [5, 5.41) is 9.12. The van der Waals surface area contributed by atoms with Crippen LogP contribution in [0.2, 0.25) is 0 Å². The fourth-order valence-corrected chi connectivity index (χ4v) is 4.82. The van der Waals surface area contributed by atoms with E-state index in [4.69, 9.17) is 10.8 Å². The van der Waals surface area contributed by atoms with Crippen molar-refractivity contribution in [3.63, 3.8) is 0 Å². The summed E-state index contributed by atoms with van der Waals surface area (Å²) in [4.78, 5) is 14.0. The van der Waals surface area contributed by atoms with Gasteiger partial charge < -0.3 is 15.7 Å². The maximum Gasteiger partial charge on any atom is 0.243 e. The molecule has 1 aliphatic heterocycles. The molecule has 0 spiro atoms. The molecule has 1 atom stereocenters. The number of amides is 1. The summed E-state index contributed by atoms with van der Waals surface area (Å²) in [5.41, 5.74) is 5.29. The van der Waals surface area contributed by atoms with Crippen molar-refractivity contribution in [2.75, 3.05) is 24.7 Å². The quantitative estimate of drug-likeness (QED) is 0.710. The molecule has 2 aliphatic rings. The van der Waals surface area contributed by atoms with Crippen LogP contribution in [0.4, 0.5) is 0 Å². The van der Waals surface area contributed by atoms with Gasteiger partial charge in [0.2, 0.25) is 5.91 Å². The van der Waals surface area contributed by atoms with Crippen LogP contribution in [0.1, 0.15) is 32.1 Å². The molecule has 0 bridgehead atoms. The van der Waals surface area contributed by atoms with Crippen molar-refractivity contribution in [3.05, 3.63) is 0 Å². The predicted octanol–water partition coefficient (Wildman–Crippen LogP) is -0.734. The second-order valence-electron chi connectivity index (χ2n) is 5.64. The molecular weight excluding hydrogens is 268 g/mol. The number of carbonyl (C=O) groups is 1. The fourth-order valence-electron chi connectivity index (χ4n) is 3.08. The van der Waals surface area contributed by atoms with Gasteiger partial charge in [0, 0.05) is 12.6 Å². The molecule has 7 heteroatoms. The van der Waals surface area contributed by atoms with Gasteiger partial charge >= 0.3 is 0 Å². The van der Waals surface area contributed by atoms with Crippen molar-refractivity contribution in [1.29, 1.82) is 0 Å². The van der Waals surface area contributed by atoms with Crippen molar-refractivity contribution in [2.24, 2.45) is 5.73 Å². The van der Waals surface area contributed by atoms with Gasteiger partial charge in [-0.3, -0.25) is 4.79 Å². The molecule has 0 aromatic heterocycles. The van der Waals surface area contributed by atoms with Crippen molar-refractivity contribution < 1.29 is 18.3 Å². The first kappa shape index (κ1) is 14.7. The minimum absolute atomic E-state index is 0.00514. The monoisotopic (exact) mass is 290 g/mol. The molecule has 2 fully saturated rings. The first-order valence-electron chi connectivity index (χ1n) is 6.79. The SMILES string of the molecule is NC1(C(=O)N(CCO)C2CCS(=O)(=O)C2)CCCC1. The highest BCUT2D eigenvalue weighted by molar-refractivity contribution is 7.91. The first-order valence-corrected chi connectivity index (χ1v) is 8.61. The largest absolute Gasteiger partial charge is 0.395 e. The zero-order chi connectivity index (χ0) is 14.1. The van der Waals surface area contributed by atoms with Gasteiger partial charge in [-0.15, -0.1) is 0 Å². The Morgan fingerprint density at radius 2 is 2.00 bits per heavy atom. The highest BCUT2D eigenvalue weighted by Gasteiger charge is 2.43. The summed E-state index contributed by atoms with van der Waals surface area (Å²) in [7, 11) is -3.05. The average molecular weight is 290 g/mol. The number of hydrogen-bond donors (Lipinski definition) is 2. The Labute approximate surface area is 113 Å². The molecule has 2 rings (SSSR count). The van der Waals surface area contributed by atoms with E-state index in [9.17, 15) is 13.2 Å². The second-order valence-corrected chi connectivity index (χ2v) is 7.87. The van der Waals surface area contributed by atoms with Gasteiger partial charge in [-0.2, -0.15) is 0 Å². The third-order valence-corrected chi connectivity index (χ3v) is 5.92. The third kappa shape index (κ3) is 3.09. The fraction of sp³-hybridized carbons (Fsp3) is 0.917. The number of hydrogen-bond acceptors (Lipinski definition) is 5. The van der Waals surface area contributed by atoms with Crippen LogP contribution in [0, 0.1) is 0 Å².